The highest BCUT2D eigenvalue weighted by Gasteiger charge is 2.51. The molecule has 4 fully saturated rings. The minimum atomic E-state index is 0.576. The van der Waals surface area contributed by atoms with Gasteiger partial charge in [-0.05, 0) is 95.9 Å². The van der Waals surface area contributed by atoms with Gasteiger partial charge < -0.3 is 0 Å². The lowest BCUT2D eigenvalue weighted by Crippen LogP contribution is -2.48. The number of benzene rings is 1. The summed E-state index contributed by atoms with van der Waals surface area (Å²) >= 11 is 2.55. The third-order valence-corrected chi connectivity index (χ3v) is 6.42. The summed E-state index contributed by atoms with van der Waals surface area (Å²) in [6, 6.07) is 9.14. The van der Waals surface area contributed by atoms with Crippen LogP contribution < -0.4 is 0 Å². The number of hydrogen-bond acceptors (Lipinski definition) is 0. The molecule has 1 heteroatoms. The molecule has 0 saturated heterocycles. The van der Waals surface area contributed by atoms with E-state index in [0.29, 0.717) is 5.41 Å². The van der Waals surface area contributed by atoms with Crippen LogP contribution in [0.5, 0.6) is 0 Å². The van der Waals surface area contributed by atoms with Crippen LogP contribution >= 0.6 is 22.6 Å². The molecule has 4 bridgehead atoms. The third kappa shape index (κ3) is 1.61. The molecule has 5 rings (SSSR count). The molecule has 4 aliphatic carbocycles. The fourth-order valence-corrected chi connectivity index (χ4v) is 6.29. The monoisotopic (exact) mass is 338 g/mol. The minimum Gasteiger partial charge on any atom is -0.0619 e. The Bertz CT molecular complexity index is 413. The van der Waals surface area contributed by atoms with Crippen LogP contribution in [0, 0.1) is 21.3 Å². The molecule has 0 heterocycles. The molecule has 0 nitrogen and oxygen atoms in total. The van der Waals surface area contributed by atoms with Gasteiger partial charge in [-0.2, -0.15) is 0 Å². The second kappa shape index (κ2) is 3.72. The van der Waals surface area contributed by atoms with Crippen LogP contribution in [0.25, 0.3) is 0 Å². The second-order valence-electron chi connectivity index (χ2n) is 6.68. The van der Waals surface area contributed by atoms with Gasteiger partial charge in [0, 0.05) is 3.57 Å². The molecular weight excluding hydrogens is 319 g/mol. The summed E-state index contributed by atoms with van der Waals surface area (Å²) in [5.41, 5.74) is 2.26. The first-order chi connectivity index (χ1) is 8.25. The molecule has 0 spiro atoms. The molecule has 1 aromatic carbocycles. The van der Waals surface area contributed by atoms with Gasteiger partial charge in [-0.1, -0.05) is 18.2 Å². The van der Waals surface area contributed by atoms with Crippen LogP contribution in [-0.2, 0) is 5.41 Å². The van der Waals surface area contributed by atoms with Gasteiger partial charge in [-0.15, -0.1) is 0 Å². The minimum absolute atomic E-state index is 0.576. The van der Waals surface area contributed by atoms with E-state index in [9.17, 15) is 0 Å². The fraction of sp³-hybridized carbons (Fsp3) is 0.625. The summed E-state index contributed by atoms with van der Waals surface area (Å²) < 4.78 is 1.51. The maximum Gasteiger partial charge on any atom is 0.0168 e. The van der Waals surface area contributed by atoms with E-state index in [0.717, 1.165) is 17.8 Å². The molecule has 17 heavy (non-hydrogen) atoms. The standard InChI is InChI=1S/C16H19I/c17-15-4-2-1-3-14(15)16-8-11-5-12(9-16)7-13(6-11)10-16/h1-4,11-13H,5-10H2. The smallest absolute Gasteiger partial charge is 0.0168 e. The molecule has 1 aromatic rings. The van der Waals surface area contributed by atoms with Gasteiger partial charge in [-0.3, -0.25) is 0 Å². The van der Waals surface area contributed by atoms with E-state index in [1.54, 1.807) is 24.8 Å². The first-order valence-corrected chi connectivity index (χ1v) is 8.08. The van der Waals surface area contributed by atoms with E-state index < -0.39 is 0 Å². The van der Waals surface area contributed by atoms with Crippen LogP contribution in [0.3, 0.4) is 0 Å². The van der Waals surface area contributed by atoms with Crippen LogP contribution in [-0.4, -0.2) is 0 Å². The van der Waals surface area contributed by atoms with Crippen molar-refractivity contribution in [3.63, 3.8) is 0 Å². The molecule has 0 aromatic heterocycles. The number of halogens is 1. The Balaban J connectivity index is 1.80. The lowest BCUT2D eigenvalue weighted by Gasteiger charge is -2.57. The number of hydrogen-bond donors (Lipinski definition) is 0. The highest BCUT2D eigenvalue weighted by atomic mass is 127. The summed E-state index contributed by atoms with van der Waals surface area (Å²) in [6.45, 7) is 0. The Hall–Kier alpha value is -0.0500. The van der Waals surface area contributed by atoms with E-state index in [2.05, 4.69) is 46.9 Å². The molecule has 0 amide bonds. The zero-order valence-corrected chi connectivity index (χ0v) is 12.3. The summed E-state index contributed by atoms with van der Waals surface area (Å²) in [6.07, 6.45) is 9.09. The maximum absolute atomic E-state index is 2.55. The molecule has 0 radical (unpaired) electrons. The van der Waals surface area contributed by atoms with Gasteiger partial charge in [-0.25, -0.2) is 0 Å². The molecule has 0 N–H and O–H groups in total. The Kier molecular flexibility index (Phi) is 2.37. The number of rotatable bonds is 1. The summed E-state index contributed by atoms with van der Waals surface area (Å²) in [7, 11) is 0. The normalized spacial score (nSPS) is 43.0. The predicted octanol–water partition coefficient (Wildman–Crippen LogP) is 4.76. The molecular formula is C16H19I. The van der Waals surface area contributed by atoms with Gasteiger partial charge >= 0.3 is 0 Å². The van der Waals surface area contributed by atoms with Crippen molar-refractivity contribution in [2.24, 2.45) is 17.8 Å². The SMILES string of the molecule is Ic1ccccc1C12CC3CC(CC(C3)C1)C2. The van der Waals surface area contributed by atoms with E-state index in [-0.39, 0.29) is 0 Å². The van der Waals surface area contributed by atoms with Gasteiger partial charge in [0.25, 0.3) is 0 Å². The molecule has 0 atom stereocenters. The Morgan fingerprint density at radius 1 is 0.882 bits per heavy atom. The van der Waals surface area contributed by atoms with Crippen molar-refractivity contribution in [2.45, 2.75) is 43.9 Å². The zero-order chi connectivity index (χ0) is 11.5. The van der Waals surface area contributed by atoms with Gasteiger partial charge in [0.2, 0.25) is 0 Å². The topological polar surface area (TPSA) is 0 Å². The molecule has 0 unspecified atom stereocenters. The molecule has 4 saturated carbocycles. The average Bonchev–Trinajstić information content (AvgIpc) is 2.27. The van der Waals surface area contributed by atoms with Crippen LogP contribution in [0.4, 0.5) is 0 Å². The largest absolute Gasteiger partial charge is 0.0619 e. The molecule has 4 aliphatic rings. The molecule has 0 aliphatic heterocycles. The predicted molar refractivity (Wildman–Crippen MR) is 79.0 cm³/mol. The Morgan fingerprint density at radius 3 is 1.94 bits per heavy atom. The highest BCUT2D eigenvalue weighted by Crippen LogP contribution is 2.61. The summed E-state index contributed by atoms with van der Waals surface area (Å²) in [5, 5.41) is 0. The highest BCUT2D eigenvalue weighted by molar-refractivity contribution is 14.1. The lowest BCUT2D eigenvalue weighted by atomic mass is 9.48. The Labute approximate surface area is 117 Å². The third-order valence-electron chi connectivity index (χ3n) is 5.48. The van der Waals surface area contributed by atoms with E-state index >= 15 is 0 Å². The zero-order valence-electron chi connectivity index (χ0n) is 10.2. The Morgan fingerprint density at radius 2 is 1.41 bits per heavy atom. The second-order valence-corrected chi connectivity index (χ2v) is 7.84. The van der Waals surface area contributed by atoms with Crippen LogP contribution in [0.15, 0.2) is 24.3 Å². The molecule has 90 valence electrons. The summed E-state index contributed by atoms with van der Waals surface area (Å²) in [4.78, 5) is 0. The van der Waals surface area contributed by atoms with E-state index in [4.69, 9.17) is 0 Å². The average molecular weight is 338 g/mol. The summed E-state index contributed by atoms with van der Waals surface area (Å²) in [5.74, 6) is 3.16. The van der Waals surface area contributed by atoms with Gasteiger partial charge in [0.15, 0.2) is 0 Å². The maximum atomic E-state index is 2.55. The lowest BCUT2D eigenvalue weighted by molar-refractivity contribution is -0.00556. The first kappa shape index (κ1) is 10.8. The fourth-order valence-electron chi connectivity index (χ4n) is 5.33. The van der Waals surface area contributed by atoms with Crippen molar-refractivity contribution >= 4 is 22.6 Å². The van der Waals surface area contributed by atoms with Crippen molar-refractivity contribution in [1.82, 2.24) is 0 Å². The van der Waals surface area contributed by atoms with Gasteiger partial charge in [0.1, 0.15) is 0 Å². The van der Waals surface area contributed by atoms with E-state index in [1.165, 1.54) is 22.8 Å². The van der Waals surface area contributed by atoms with Crippen molar-refractivity contribution in [3.05, 3.63) is 33.4 Å². The van der Waals surface area contributed by atoms with Gasteiger partial charge in [0.05, 0.1) is 0 Å². The van der Waals surface area contributed by atoms with Crippen molar-refractivity contribution in [1.29, 1.82) is 0 Å². The van der Waals surface area contributed by atoms with Crippen LogP contribution in [0.1, 0.15) is 44.1 Å². The van der Waals surface area contributed by atoms with Crippen LogP contribution in [0.2, 0.25) is 0 Å². The van der Waals surface area contributed by atoms with Crippen molar-refractivity contribution < 1.29 is 0 Å². The quantitative estimate of drug-likeness (QED) is 0.648. The van der Waals surface area contributed by atoms with E-state index in [1.807, 2.05) is 0 Å². The van der Waals surface area contributed by atoms with Crippen molar-refractivity contribution in [2.75, 3.05) is 0 Å². The first-order valence-electron chi connectivity index (χ1n) is 7.00. The van der Waals surface area contributed by atoms with Crippen molar-refractivity contribution in [3.8, 4) is 0 Å².